The van der Waals surface area contributed by atoms with Crippen LogP contribution in [0.25, 0.3) is 0 Å². The summed E-state index contributed by atoms with van der Waals surface area (Å²) in [6, 6.07) is 13.6. The topological polar surface area (TPSA) is 68.3 Å². The van der Waals surface area contributed by atoms with Gasteiger partial charge in [-0.05, 0) is 68.4 Å². The van der Waals surface area contributed by atoms with Crippen molar-refractivity contribution in [2.75, 3.05) is 40.5 Å². The molecule has 2 bridgehead atoms. The van der Waals surface area contributed by atoms with Gasteiger partial charge in [-0.1, -0.05) is 18.2 Å². The first kappa shape index (κ1) is 23.9. The molecule has 7 nitrogen and oxygen atoms in total. The fraction of sp³-hybridized carbons (Fsp3) is 0.481. The Kier molecular flexibility index (Phi) is 7.93. The van der Waals surface area contributed by atoms with Crippen LogP contribution in [0.3, 0.4) is 0 Å². The largest absolute Gasteiger partial charge is 0.496 e. The first-order valence-corrected chi connectivity index (χ1v) is 12.1. The molecule has 2 heterocycles. The van der Waals surface area contributed by atoms with Crippen LogP contribution in [0.15, 0.2) is 42.5 Å². The van der Waals surface area contributed by atoms with Crippen molar-refractivity contribution in [1.29, 1.82) is 0 Å². The molecular weight excluding hydrogens is 432 g/mol. The zero-order valence-corrected chi connectivity index (χ0v) is 20.1. The summed E-state index contributed by atoms with van der Waals surface area (Å²) in [6.45, 7) is 1.62. The third-order valence-electron chi connectivity index (χ3n) is 6.71. The van der Waals surface area contributed by atoms with E-state index in [9.17, 15) is 9.59 Å². The molecule has 182 valence electrons. The van der Waals surface area contributed by atoms with Crippen LogP contribution in [-0.2, 0) is 11.2 Å². The molecule has 4 rings (SSSR count). The van der Waals surface area contributed by atoms with E-state index in [1.165, 1.54) is 19.8 Å². The van der Waals surface area contributed by atoms with E-state index in [1.807, 2.05) is 17.0 Å². The van der Waals surface area contributed by atoms with Crippen molar-refractivity contribution in [3.63, 3.8) is 0 Å². The Morgan fingerprint density at radius 1 is 0.971 bits per heavy atom. The van der Waals surface area contributed by atoms with Crippen molar-refractivity contribution in [3.05, 3.63) is 53.6 Å². The average Bonchev–Trinajstić information content (AvgIpc) is 2.88. The molecule has 0 spiro atoms. The number of carbonyl (C=O) groups is 2. The number of methoxy groups -OCH3 is 2. The van der Waals surface area contributed by atoms with E-state index in [0.29, 0.717) is 36.6 Å². The van der Waals surface area contributed by atoms with Gasteiger partial charge in [-0.2, -0.15) is 0 Å². The Labute approximate surface area is 201 Å². The molecule has 7 heteroatoms. The molecule has 0 aliphatic carbocycles. The lowest BCUT2D eigenvalue weighted by Crippen LogP contribution is -2.49. The number of carbonyl (C=O) groups excluding carboxylic acids is 2. The van der Waals surface area contributed by atoms with Crippen LogP contribution in [-0.4, -0.2) is 68.1 Å². The van der Waals surface area contributed by atoms with E-state index in [0.717, 1.165) is 44.4 Å². The van der Waals surface area contributed by atoms with Gasteiger partial charge in [0, 0.05) is 19.1 Å². The van der Waals surface area contributed by atoms with E-state index in [-0.39, 0.29) is 24.4 Å². The molecule has 1 unspecified atom stereocenters. The summed E-state index contributed by atoms with van der Waals surface area (Å²) in [4.78, 5) is 30.8. The Bertz CT molecular complexity index is 986. The zero-order chi connectivity index (χ0) is 23.9. The highest BCUT2D eigenvalue weighted by Crippen LogP contribution is 2.30. The Morgan fingerprint density at radius 2 is 1.74 bits per heavy atom. The lowest BCUT2D eigenvalue weighted by molar-refractivity contribution is -0.135. The number of hydrogen-bond donors (Lipinski definition) is 0. The van der Waals surface area contributed by atoms with Crippen molar-refractivity contribution in [1.82, 2.24) is 9.80 Å². The van der Waals surface area contributed by atoms with Crippen molar-refractivity contribution in [3.8, 4) is 17.2 Å². The Hall–Kier alpha value is -3.22. The van der Waals surface area contributed by atoms with Gasteiger partial charge in [0.1, 0.15) is 29.4 Å². The highest BCUT2D eigenvalue weighted by molar-refractivity contribution is 6.01. The first-order valence-electron chi connectivity index (χ1n) is 12.1. The molecule has 2 amide bonds. The molecule has 1 saturated heterocycles. The minimum atomic E-state index is -0.273. The number of fused-ring (bicyclic) bond motifs is 3. The molecule has 2 aromatic carbocycles. The highest BCUT2D eigenvalue weighted by Gasteiger charge is 2.31. The lowest BCUT2D eigenvalue weighted by Gasteiger charge is -2.37. The summed E-state index contributed by atoms with van der Waals surface area (Å²) in [7, 11) is 3.06. The summed E-state index contributed by atoms with van der Waals surface area (Å²) >= 11 is 0. The van der Waals surface area contributed by atoms with Crippen LogP contribution in [0.1, 0.15) is 48.0 Å². The molecule has 1 atom stereocenters. The number of piperidine rings is 1. The van der Waals surface area contributed by atoms with E-state index >= 15 is 0 Å². The molecule has 0 radical (unpaired) electrons. The second-order valence-electron chi connectivity index (χ2n) is 8.89. The standard InChI is InChI=1S/C27H34N2O5/c1-32-23-11-6-12-24(33-2)26(23)27(31)28-15-7-17-34-22-10-5-8-20(18-22)13-14-21-9-3-4-16-29(21)25(30)19-28/h5-6,8,10-12,18,21H,3-4,7,9,13-17,19H2,1-2H3. The summed E-state index contributed by atoms with van der Waals surface area (Å²) < 4.78 is 16.9. The van der Waals surface area contributed by atoms with Crippen molar-refractivity contribution < 1.29 is 23.8 Å². The third kappa shape index (κ3) is 5.46. The molecule has 2 aliphatic heterocycles. The quantitative estimate of drug-likeness (QED) is 0.685. The van der Waals surface area contributed by atoms with Crippen LogP contribution < -0.4 is 14.2 Å². The van der Waals surface area contributed by atoms with Gasteiger partial charge in [0.15, 0.2) is 0 Å². The maximum atomic E-state index is 13.7. The van der Waals surface area contributed by atoms with Gasteiger partial charge in [0.2, 0.25) is 5.91 Å². The van der Waals surface area contributed by atoms with Crippen molar-refractivity contribution >= 4 is 11.8 Å². The summed E-state index contributed by atoms with van der Waals surface area (Å²) in [5.74, 6) is 1.43. The number of ether oxygens (including phenoxy) is 3. The van der Waals surface area contributed by atoms with E-state index in [4.69, 9.17) is 14.2 Å². The molecule has 0 saturated carbocycles. The smallest absolute Gasteiger partial charge is 0.261 e. The Balaban J connectivity index is 1.63. The van der Waals surface area contributed by atoms with Crippen molar-refractivity contribution in [2.45, 2.75) is 44.6 Å². The summed E-state index contributed by atoms with van der Waals surface area (Å²) in [6.07, 6.45) is 5.52. The lowest BCUT2D eigenvalue weighted by atomic mass is 9.95. The van der Waals surface area contributed by atoms with E-state index in [2.05, 4.69) is 12.1 Å². The third-order valence-corrected chi connectivity index (χ3v) is 6.71. The molecule has 1 fully saturated rings. The number of nitrogens with zero attached hydrogens (tertiary/aromatic N) is 2. The Morgan fingerprint density at radius 3 is 2.50 bits per heavy atom. The zero-order valence-electron chi connectivity index (χ0n) is 20.1. The fourth-order valence-corrected chi connectivity index (χ4v) is 4.93. The highest BCUT2D eigenvalue weighted by atomic mass is 16.5. The maximum absolute atomic E-state index is 13.7. The number of rotatable bonds is 3. The predicted molar refractivity (Wildman–Crippen MR) is 130 cm³/mol. The van der Waals surface area contributed by atoms with Crippen LogP contribution in [0, 0.1) is 0 Å². The van der Waals surface area contributed by atoms with E-state index < -0.39 is 0 Å². The number of amides is 2. The minimum Gasteiger partial charge on any atom is -0.496 e. The van der Waals surface area contributed by atoms with E-state index in [1.54, 1.807) is 23.1 Å². The second-order valence-corrected chi connectivity index (χ2v) is 8.89. The number of hydrogen-bond acceptors (Lipinski definition) is 5. The van der Waals surface area contributed by atoms with Gasteiger partial charge < -0.3 is 24.0 Å². The molecular formula is C27H34N2O5. The fourth-order valence-electron chi connectivity index (χ4n) is 4.93. The minimum absolute atomic E-state index is 0.00126. The van der Waals surface area contributed by atoms with Gasteiger partial charge in [-0.15, -0.1) is 0 Å². The molecule has 34 heavy (non-hydrogen) atoms. The van der Waals surface area contributed by atoms with Crippen molar-refractivity contribution in [2.24, 2.45) is 0 Å². The molecule has 0 N–H and O–H groups in total. The summed E-state index contributed by atoms with van der Waals surface area (Å²) in [5.41, 5.74) is 1.57. The van der Waals surface area contributed by atoms with Gasteiger partial charge in [0.05, 0.1) is 20.8 Å². The van der Waals surface area contributed by atoms with Gasteiger partial charge in [0.25, 0.3) is 5.91 Å². The van der Waals surface area contributed by atoms with Crippen LogP contribution in [0.4, 0.5) is 0 Å². The summed E-state index contributed by atoms with van der Waals surface area (Å²) in [5, 5.41) is 0. The van der Waals surface area contributed by atoms with Gasteiger partial charge >= 0.3 is 0 Å². The average molecular weight is 467 g/mol. The molecule has 0 aromatic heterocycles. The number of benzene rings is 2. The van der Waals surface area contributed by atoms with Gasteiger partial charge in [-0.25, -0.2) is 0 Å². The van der Waals surface area contributed by atoms with Gasteiger partial charge in [-0.3, -0.25) is 9.59 Å². The predicted octanol–water partition coefficient (Wildman–Crippen LogP) is 3.94. The molecule has 2 aliphatic rings. The SMILES string of the molecule is COc1cccc(OC)c1C(=O)N1CCCOc2cccc(c2)CCC2CCCCN2C(=O)C1. The monoisotopic (exact) mass is 466 g/mol. The maximum Gasteiger partial charge on any atom is 0.261 e. The normalized spacial score (nSPS) is 19.5. The number of aryl methyl sites for hydroxylation is 1. The second kappa shape index (κ2) is 11.3. The van der Waals surface area contributed by atoms with Crippen LogP contribution in [0.2, 0.25) is 0 Å². The molecule has 2 aromatic rings. The van der Waals surface area contributed by atoms with Crippen LogP contribution >= 0.6 is 0 Å². The first-order chi connectivity index (χ1) is 16.6. The van der Waals surface area contributed by atoms with Crippen LogP contribution in [0.5, 0.6) is 17.2 Å².